The van der Waals surface area contributed by atoms with E-state index in [1.807, 2.05) is 30.3 Å². The van der Waals surface area contributed by atoms with E-state index < -0.39 is 5.97 Å². The first-order valence-electron chi connectivity index (χ1n) is 10.6. The van der Waals surface area contributed by atoms with Gasteiger partial charge in [0.2, 0.25) is 0 Å². The summed E-state index contributed by atoms with van der Waals surface area (Å²) in [5.74, 6) is -0.289. The van der Waals surface area contributed by atoms with E-state index in [0.717, 1.165) is 46.4 Å². The smallest absolute Gasteiger partial charge is 0.308 e. The number of rotatable bonds is 4. The second-order valence-electron chi connectivity index (χ2n) is 7.97. The molecule has 1 fully saturated rings. The molecule has 1 N–H and O–H groups in total. The number of piperidine rings is 1. The van der Waals surface area contributed by atoms with Crippen LogP contribution in [0.2, 0.25) is 0 Å². The van der Waals surface area contributed by atoms with E-state index in [4.69, 9.17) is 0 Å². The number of carboxylic acid groups (broad SMARTS) is 1. The monoisotopic (exact) mass is 409 g/mol. The van der Waals surface area contributed by atoms with Crippen molar-refractivity contribution < 1.29 is 9.90 Å². The fourth-order valence-electron chi connectivity index (χ4n) is 4.44. The zero-order valence-electron chi connectivity index (χ0n) is 17.1. The van der Waals surface area contributed by atoms with Gasteiger partial charge in [-0.05, 0) is 47.2 Å². The zero-order valence-corrected chi connectivity index (χ0v) is 17.1. The summed E-state index contributed by atoms with van der Waals surface area (Å²) in [5.41, 5.74) is 5.34. The number of aromatic nitrogens is 2. The summed E-state index contributed by atoms with van der Waals surface area (Å²) >= 11 is 0. The van der Waals surface area contributed by atoms with Crippen molar-refractivity contribution >= 4 is 22.7 Å². The van der Waals surface area contributed by atoms with Gasteiger partial charge < -0.3 is 10.0 Å². The molecule has 154 valence electrons. The quantitative estimate of drug-likeness (QED) is 0.498. The molecule has 2 heterocycles. The van der Waals surface area contributed by atoms with Gasteiger partial charge in [-0.3, -0.25) is 4.79 Å². The number of hydrogen-bond acceptors (Lipinski definition) is 4. The van der Waals surface area contributed by atoms with Crippen molar-refractivity contribution in [1.82, 2.24) is 9.97 Å². The van der Waals surface area contributed by atoms with Crippen molar-refractivity contribution in [2.75, 3.05) is 18.0 Å². The topological polar surface area (TPSA) is 66.3 Å². The van der Waals surface area contributed by atoms with E-state index in [1.165, 1.54) is 5.56 Å². The lowest BCUT2D eigenvalue weighted by molar-refractivity contribution is -0.141. The third-order valence-electron chi connectivity index (χ3n) is 5.99. The number of nitrogens with zero attached hydrogens (tertiary/aromatic N) is 3. The number of anilines is 1. The van der Waals surface area contributed by atoms with Crippen molar-refractivity contribution in [1.29, 1.82) is 0 Å². The molecule has 1 saturated heterocycles. The molecule has 4 aromatic rings. The van der Waals surface area contributed by atoms with Crippen LogP contribution in [0.4, 0.5) is 5.82 Å². The summed E-state index contributed by atoms with van der Waals surface area (Å²) in [6.45, 7) is 1.27. The minimum Gasteiger partial charge on any atom is -0.481 e. The Morgan fingerprint density at radius 2 is 1.68 bits per heavy atom. The Morgan fingerprint density at radius 1 is 0.903 bits per heavy atom. The molecule has 0 spiro atoms. The molecule has 0 radical (unpaired) electrons. The number of hydrogen-bond donors (Lipinski definition) is 1. The molecule has 3 aromatic carbocycles. The van der Waals surface area contributed by atoms with Gasteiger partial charge in [-0.25, -0.2) is 9.97 Å². The Kier molecular flexibility index (Phi) is 5.08. The molecular weight excluding hydrogens is 386 g/mol. The number of carboxylic acids is 1. The van der Waals surface area contributed by atoms with Crippen LogP contribution in [-0.4, -0.2) is 34.1 Å². The van der Waals surface area contributed by atoms with Crippen LogP contribution in [0.3, 0.4) is 0 Å². The van der Waals surface area contributed by atoms with Crippen LogP contribution in [0, 0.1) is 5.92 Å². The molecule has 0 bridgehead atoms. The van der Waals surface area contributed by atoms with Gasteiger partial charge in [-0.15, -0.1) is 0 Å². The Labute approximate surface area is 181 Å². The second-order valence-corrected chi connectivity index (χ2v) is 7.97. The van der Waals surface area contributed by atoms with E-state index in [1.54, 1.807) is 6.33 Å². The number of fused-ring (bicyclic) bond motifs is 1. The number of aliphatic carboxylic acids is 1. The Balaban J connectivity index is 1.63. The molecule has 5 heteroatoms. The van der Waals surface area contributed by atoms with Gasteiger partial charge in [-0.2, -0.15) is 0 Å². The number of benzene rings is 3. The lowest BCUT2D eigenvalue weighted by Crippen LogP contribution is -2.39. The molecule has 1 atom stereocenters. The highest BCUT2D eigenvalue weighted by atomic mass is 16.4. The van der Waals surface area contributed by atoms with Crippen molar-refractivity contribution in [2.24, 2.45) is 5.92 Å². The highest BCUT2D eigenvalue weighted by molar-refractivity contribution is 6.02. The molecule has 0 amide bonds. The van der Waals surface area contributed by atoms with Gasteiger partial charge in [0, 0.05) is 13.1 Å². The van der Waals surface area contributed by atoms with E-state index in [-0.39, 0.29) is 5.92 Å². The summed E-state index contributed by atoms with van der Waals surface area (Å²) in [4.78, 5) is 22.8. The van der Waals surface area contributed by atoms with Crippen LogP contribution in [0.5, 0.6) is 0 Å². The van der Waals surface area contributed by atoms with E-state index in [2.05, 4.69) is 57.3 Å². The van der Waals surface area contributed by atoms with Crippen molar-refractivity contribution in [2.45, 2.75) is 12.8 Å². The maximum absolute atomic E-state index is 11.6. The third kappa shape index (κ3) is 3.75. The molecular formula is C26H23N3O2. The van der Waals surface area contributed by atoms with Crippen LogP contribution >= 0.6 is 0 Å². The minimum atomic E-state index is -0.737. The van der Waals surface area contributed by atoms with Crippen molar-refractivity contribution in [3.05, 3.63) is 79.1 Å². The van der Waals surface area contributed by atoms with Crippen LogP contribution in [0.25, 0.3) is 33.2 Å². The maximum Gasteiger partial charge on any atom is 0.308 e. The van der Waals surface area contributed by atoms with Crippen molar-refractivity contribution in [3.63, 3.8) is 0 Å². The summed E-state index contributed by atoms with van der Waals surface area (Å²) in [5, 5.41) is 10.5. The van der Waals surface area contributed by atoms with Gasteiger partial charge in [-0.1, -0.05) is 60.7 Å². The van der Waals surface area contributed by atoms with Crippen LogP contribution < -0.4 is 4.90 Å². The summed E-state index contributed by atoms with van der Waals surface area (Å²) in [6, 6.07) is 24.9. The average molecular weight is 409 g/mol. The third-order valence-corrected chi connectivity index (χ3v) is 5.99. The summed E-state index contributed by atoms with van der Waals surface area (Å²) in [7, 11) is 0. The second kappa shape index (κ2) is 8.19. The van der Waals surface area contributed by atoms with Gasteiger partial charge >= 0.3 is 5.97 Å². The molecule has 31 heavy (non-hydrogen) atoms. The van der Waals surface area contributed by atoms with Crippen molar-refractivity contribution in [3.8, 4) is 22.3 Å². The standard InChI is InChI=1S/C26H23N3O2/c30-26(31)21-11-6-14-29(16-21)25-24-22(12-5-13-23(24)27-17-28-25)20-10-4-9-19(15-20)18-7-2-1-3-8-18/h1-5,7-10,12-13,15,17,21H,6,11,14,16H2,(H,30,31). The van der Waals surface area contributed by atoms with Gasteiger partial charge in [0.05, 0.1) is 16.8 Å². The van der Waals surface area contributed by atoms with Gasteiger partial charge in [0.15, 0.2) is 0 Å². The average Bonchev–Trinajstić information content (AvgIpc) is 2.84. The number of carbonyl (C=O) groups is 1. The molecule has 0 saturated carbocycles. The molecule has 1 aromatic heterocycles. The Hall–Kier alpha value is -3.73. The first-order valence-corrected chi connectivity index (χ1v) is 10.6. The van der Waals surface area contributed by atoms with Crippen LogP contribution in [-0.2, 0) is 4.79 Å². The molecule has 1 aliphatic heterocycles. The fraction of sp³-hybridized carbons (Fsp3) is 0.192. The Bertz CT molecular complexity index is 1230. The molecule has 5 rings (SSSR count). The minimum absolute atomic E-state index is 0.368. The SMILES string of the molecule is O=C(O)C1CCCN(c2ncnc3cccc(-c4cccc(-c5ccccc5)c4)c23)C1. The van der Waals surface area contributed by atoms with Gasteiger partial charge in [0.1, 0.15) is 12.1 Å². The molecule has 1 aliphatic rings. The summed E-state index contributed by atoms with van der Waals surface area (Å²) in [6.07, 6.45) is 3.13. The van der Waals surface area contributed by atoms with E-state index in [9.17, 15) is 9.90 Å². The predicted octanol–water partition coefficient (Wildman–Crippen LogP) is 5.26. The Morgan fingerprint density at radius 3 is 2.52 bits per heavy atom. The first-order chi connectivity index (χ1) is 15.2. The fourth-order valence-corrected chi connectivity index (χ4v) is 4.44. The normalized spacial score (nSPS) is 16.4. The highest BCUT2D eigenvalue weighted by Gasteiger charge is 2.27. The van der Waals surface area contributed by atoms with Crippen LogP contribution in [0.15, 0.2) is 79.1 Å². The predicted molar refractivity (Wildman–Crippen MR) is 123 cm³/mol. The van der Waals surface area contributed by atoms with E-state index in [0.29, 0.717) is 13.0 Å². The highest BCUT2D eigenvalue weighted by Crippen LogP contribution is 2.36. The first kappa shape index (κ1) is 19.2. The summed E-state index contributed by atoms with van der Waals surface area (Å²) < 4.78 is 0. The lowest BCUT2D eigenvalue weighted by Gasteiger charge is -2.32. The molecule has 0 aliphatic carbocycles. The largest absolute Gasteiger partial charge is 0.481 e. The van der Waals surface area contributed by atoms with Crippen LogP contribution in [0.1, 0.15) is 12.8 Å². The van der Waals surface area contributed by atoms with E-state index >= 15 is 0 Å². The zero-order chi connectivity index (χ0) is 21.2. The van der Waals surface area contributed by atoms with Gasteiger partial charge in [0.25, 0.3) is 0 Å². The maximum atomic E-state index is 11.6. The molecule has 5 nitrogen and oxygen atoms in total. The molecule has 1 unspecified atom stereocenters. The lowest BCUT2D eigenvalue weighted by atomic mass is 9.95.